The van der Waals surface area contributed by atoms with Gasteiger partial charge in [-0.1, -0.05) is 6.07 Å². The van der Waals surface area contributed by atoms with E-state index in [9.17, 15) is 18.8 Å². The Morgan fingerprint density at radius 2 is 1.88 bits per heavy atom. The third-order valence-electron chi connectivity index (χ3n) is 6.74. The number of aromatic amines is 1. The fourth-order valence-corrected chi connectivity index (χ4v) is 4.82. The van der Waals surface area contributed by atoms with Gasteiger partial charge < -0.3 is 15.1 Å². The largest absolute Gasteiger partial charge is 0.337 e. The molecule has 3 amide bonds. The Bertz CT molecular complexity index is 1110. The molecule has 2 N–H and O–H groups in total. The van der Waals surface area contributed by atoms with E-state index in [-0.39, 0.29) is 17.2 Å². The van der Waals surface area contributed by atoms with Gasteiger partial charge in [0.05, 0.1) is 11.3 Å². The summed E-state index contributed by atoms with van der Waals surface area (Å²) in [4.78, 5) is 40.7. The smallest absolute Gasteiger partial charge is 0.317 e. The molecule has 34 heavy (non-hydrogen) atoms. The van der Waals surface area contributed by atoms with Crippen LogP contribution in [0.4, 0.5) is 9.18 Å². The lowest BCUT2D eigenvalue weighted by Gasteiger charge is -2.23. The van der Waals surface area contributed by atoms with Crippen molar-refractivity contribution in [1.29, 1.82) is 0 Å². The van der Waals surface area contributed by atoms with Crippen molar-refractivity contribution in [3.8, 4) is 0 Å². The van der Waals surface area contributed by atoms with Crippen molar-refractivity contribution in [2.75, 3.05) is 32.7 Å². The number of likely N-dealkylation sites (N-methyl/N-ethyl adjacent to an activating group) is 1. The highest BCUT2D eigenvalue weighted by Gasteiger charge is 2.22. The van der Waals surface area contributed by atoms with E-state index in [1.807, 2.05) is 6.92 Å². The van der Waals surface area contributed by atoms with Gasteiger partial charge in [0, 0.05) is 44.7 Å². The predicted octanol–water partition coefficient (Wildman–Crippen LogP) is 2.65. The molecular formula is C25H32FN5O3. The number of nitrogens with zero attached hydrogens (tertiary/aromatic N) is 3. The molecule has 8 nitrogen and oxygen atoms in total. The topological polar surface area (TPSA) is 98.4 Å². The fraction of sp³-hybridized carbons (Fsp3) is 0.520. The first kappa shape index (κ1) is 23.9. The number of rotatable bonds is 7. The molecule has 1 aromatic heterocycles. The SMILES string of the molecule is CCN(CCNC(=O)N1CCCC1)C(=O)c1cc(Cc2n[nH]c(=O)c3c2CCCC3)ccc1F. The number of hydrogen-bond acceptors (Lipinski definition) is 4. The summed E-state index contributed by atoms with van der Waals surface area (Å²) < 4.78 is 14.6. The van der Waals surface area contributed by atoms with Gasteiger partial charge in [-0.2, -0.15) is 5.10 Å². The molecule has 4 rings (SSSR count). The van der Waals surface area contributed by atoms with Gasteiger partial charge in [-0.15, -0.1) is 0 Å². The third-order valence-corrected chi connectivity index (χ3v) is 6.74. The minimum Gasteiger partial charge on any atom is -0.337 e. The van der Waals surface area contributed by atoms with Crippen LogP contribution in [-0.4, -0.2) is 64.7 Å². The van der Waals surface area contributed by atoms with Gasteiger partial charge in [-0.05, 0) is 68.7 Å². The lowest BCUT2D eigenvalue weighted by atomic mass is 9.90. The number of aromatic nitrogens is 2. The highest BCUT2D eigenvalue weighted by Crippen LogP contribution is 2.23. The first-order valence-corrected chi connectivity index (χ1v) is 12.2. The van der Waals surface area contributed by atoms with Crippen LogP contribution in [0.25, 0.3) is 0 Å². The quantitative estimate of drug-likeness (QED) is 0.651. The van der Waals surface area contributed by atoms with Crippen LogP contribution in [0.2, 0.25) is 0 Å². The zero-order valence-electron chi connectivity index (χ0n) is 19.7. The summed E-state index contributed by atoms with van der Waals surface area (Å²) in [6, 6.07) is 4.42. The average Bonchev–Trinajstić information content (AvgIpc) is 3.40. The molecule has 1 saturated heterocycles. The summed E-state index contributed by atoms with van der Waals surface area (Å²) in [6.07, 6.45) is 5.99. The number of benzene rings is 1. The van der Waals surface area contributed by atoms with E-state index >= 15 is 0 Å². The number of halogens is 1. The van der Waals surface area contributed by atoms with Gasteiger partial charge in [-0.25, -0.2) is 14.3 Å². The van der Waals surface area contributed by atoms with Crippen LogP contribution in [0.3, 0.4) is 0 Å². The minimum atomic E-state index is -0.579. The molecular weight excluding hydrogens is 437 g/mol. The monoisotopic (exact) mass is 469 g/mol. The van der Waals surface area contributed by atoms with Crippen LogP contribution < -0.4 is 10.9 Å². The van der Waals surface area contributed by atoms with Gasteiger partial charge >= 0.3 is 6.03 Å². The Morgan fingerprint density at radius 1 is 1.15 bits per heavy atom. The van der Waals surface area contributed by atoms with Crippen molar-refractivity contribution >= 4 is 11.9 Å². The Kier molecular flexibility index (Phi) is 7.59. The summed E-state index contributed by atoms with van der Waals surface area (Å²) in [5.74, 6) is -0.988. The van der Waals surface area contributed by atoms with Gasteiger partial charge in [-0.3, -0.25) is 9.59 Å². The minimum absolute atomic E-state index is 0.00325. The Labute approximate surface area is 198 Å². The van der Waals surface area contributed by atoms with Crippen molar-refractivity contribution in [2.45, 2.75) is 51.9 Å². The van der Waals surface area contributed by atoms with Crippen molar-refractivity contribution in [1.82, 2.24) is 25.3 Å². The second-order valence-electron chi connectivity index (χ2n) is 8.97. The molecule has 0 atom stereocenters. The molecule has 0 bridgehead atoms. The maximum Gasteiger partial charge on any atom is 0.317 e. The second kappa shape index (κ2) is 10.8. The summed E-state index contributed by atoms with van der Waals surface area (Å²) in [5.41, 5.74) is 3.18. The molecule has 1 aromatic carbocycles. The molecule has 1 fully saturated rings. The number of likely N-dealkylation sites (tertiary alicyclic amines) is 1. The number of H-pyrrole nitrogens is 1. The van der Waals surface area contributed by atoms with E-state index in [0.29, 0.717) is 26.1 Å². The van der Waals surface area contributed by atoms with Gasteiger partial charge in [0.15, 0.2) is 0 Å². The number of nitrogens with one attached hydrogen (secondary N) is 2. The highest BCUT2D eigenvalue weighted by atomic mass is 19.1. The number of urea groups is 1. The molecule has 0 spiro atoms. The molecule has 2 aromatic rings. The molecule has 1 aliphatic carbocycles. The van der Waals surface area contributed by atoms with Crippen molar-refractivity contribution in [3.05, 3.63) is 62.3 Å². The van der Waals surface area contributed by atoms with E-state index in [4.69, 9.17) is 0 Å². The molecule has 1 aliphatic heterocycles. The van der Waals surface area contributed by atoms with E-state index < -0.39 is 11.7 Å². The number of amides is 3. The summed E-state index contributed by atoms with van der Waals surface area (Å²) >= 11 is 0. The first-order valence-electron chi connectivity index (χ1n) is 12.2. The lowest BCUT2D eigenvalue weighted by molar-refractivity contribution is 0.0760. The van der Waals surface area contributed by atoms with Gasteiger partial charge in [0.2, 0.25) is 0 Å². The van der Waals surface area contributed by atoms with Crippen LogP contribution in [0.5, 0.6) is 0 Å². The normalized spacial score (nSPS) is 15.2. The van der Waals surface area contributed by atoms with Gasteiger partial charge in [0.1, 0.15) is 5.82 Å². The third kappa shape index (κ3) is 5.29. The zero-order valence-corrected chi connectivity index (χ0v) is 19.7. The van der Waals surface area contributed by atoms with Gasteiger partial charge in [0.25, 0.3) is 11.5 Å². The van der Waals surface area contributed by atoms with Crippen molar-refractivity contribution in [3.63, 3.8) is 0 Å². The average molecular weight is 470 g/mol. The number of carbonyl (C=O) groups excluding carboxylic acids is 2. The maximum atomic E-state index is 14.6. The van der Waals surface area contributed by atoms with E-state index in [2.05, 4.69) is 15.5 Å². The van der Waals surface area contributed by atoms with E-state index in [1.54, 1.807) is 17.0 Å². The number of hydrogen-bond donors (Lipinski definition) is 2. The Morgan fingerprint density at radius 3 is 2.62 bits per heavy atom. The molecule has 9 heteroatoms. The van der Waals surface area contributed by atoms with Crippen molar-refractivity contribution < 1.29 is 14.0 Å². The van der Waals surface area contributed by atoms with E-state index in [0.717, 1.165) is 74.0 Å². The molecule has 0 radical (unpaired) electrons. The lowest BCUT2D eigenvalue weighted by Crippen LogP contribution is -2.43. The standard InChI is InChI=1S/C25H32FN5O3/c1-2-30(14-11-27-25(34)31-12-5-6-13-31)24(33)20-15-17(9-10-21(20)26)16-22-18-7-3-4-8-19(18)23(32)29-28-22/h9-10,15H,2-8,11-14,16H2,1H3,(H,27,34)(H,29,32). The van der Waals surface area contributed by atoms with Crippen LogP contribution in [0.1, 0.15) is 65.3 Å². The molecule has 182 valence electrons. The number of carbonyl (C=O) groups is 2. The molecule has 0 saturated carbocycles. The van der Waals surface area contributed by atoms with E-state index in [1.165, 1.54) is 11.0 Å². The molecule has 0 unspecified atom stereocenters. The van der Waals surface area contributed by atoms with Crippen LogP contribution in [-0.2, 0) is 19.3 Å². The van der Waals surface area contributed by atoms with Crippen LogP contribution >= 0.6 is 0 Å². The fourth-order valence-electron chi connectivity index (χ4n) is 4.82. The summed E-state index contributed by atoms with van der Waals surface area (Å²) in [7, 11) is 0. The Hall–Kier alpha value is -3.23. The first-order chi connectivity index (χ1) is 16.5. The van der Waals surface area contributed by atoms with Crippen LogP contribution in [0, 0.1) is 5.82 Å². The van der Waals surface area contributed by atoms with Crippen LogP contribution in [0.15, 0.2) is 23.0 Å². The number of fused-ring (bicyclic) bond motifs is 1. The maximum absolute atomic E-state index is 14.6. The Balaban J connectivity index is 1.45. The molecule has 2 aliphatic rings. The predicted molar refractivity (Wildman–Crippen MR) is 126 cm³/mol. The molecule has 2 heterocycles. The van der Waals surface area contributed by atoms with Crippen molar-refractivity contribution in [2.24, 2.45) is 0 Å². The second-order valence-corrected chi connectivity index (χ2v) is 8.97. The highest BCUT2D eigenvalue weighted by molar-refractivity contribution is 5.94. The zero-order chi connectivity index (χ0) is 24.1. The summed E-state index contributed by atoms with van der Waals surface area (Å²) in [5, 5.41) is 9.69. The summed E-state index contributed by atoms with van der Waals surface area (Å²) in [6.45, 7) is 4.36.